The van der Waals surface area contributed by atoms with Gasteiger partial charge in [-0.1, -0.05) is 29.3 Å². The number of likely N-dealkylation sites (tertiary alicyclic amines) is 1. The van der Waals surface area contributed by atoms with Crippen LogP contribution in [0.1, 0.15) is 68.7 Å². The predicted octanol–water partition coefficient (Wildman–Crippen LogP) is 6.78. The lowest BCUT2D eigenvalue weighted by atomic mass is 9.75. The van der Waals surface area contributed by atoms with E-state index < -0.39 is 23.2 Å². The number of benzene rings is 2. The molecule has 1 N–H and O–H groups in total. The summed E-state index contributed by atoms with van der Waals surface area (Å²) in [5.74, 6) is -0.379. The topological polar surface area (TPSA) is 129 Å². The molecular formula is C42H55Cl2N3O9. The Bertz CT molecular complexity index is 1840. The van der Waals surface area contributed by atoms with Crippen molar-refractivity contribution in [3.8, 4) is 11.5 Å². The van der Waals surface area contributed by atoms with Crippen LogP contribution in [-0.4, -0.2) is 96.9 Å². The number of hydrogen-bond donors (Lipinski definition) is 1. The van der Waals surface area contributed by atoms with E-state index in [1.165, 1.54) is 15.5 Å². The summed E-state index contributed by atoms with van der Waals surface area (Å²) in [6.07, 6.45) is 4.24. The van der Waals surface area contributed by atoms with Gasteiger partial charge < -0.3 is 43.2 Å². The second kappa shape index (κ2) is 19.1. The van der Waals surface area contributed by atoms with E-state index in [4.69, 9.17) is 46.9 Å². The average Bonchev–Trinajstić information content (AvgIpc) is 3.97. The van der Waals surface area contributed by atoms with Crippen molar-refractivity contribution in [2.24, 2.45) is 5.92 Å². The van der Waals surface area contributed by atoms with Crippen LogP contribution in [0.5, 0.6) is 11.5 Å². The quantitative estimate of drug-likeness (QED) is 0.147. The summed E-state index contributed by atoms with van der Waals surface area (Å²) in [6, 6.07) is 12.5. The van der Waals surface area contributed by atoms with Gasteiger partial charge in [-0.15, -0.1) is 0 Å². The molecule has 2 aromatic carbocycles. The second-order valence-corrected chi connectivity index (χ2v) is 16.4. The minimum atomic E-state index is -1.75. The molecule has 306 valence electrons. The molecule has 0 radical (unpaired) electrons. The molecule has 12 nitrogen and oxygen atoms in total. The van der Waals surface area contributed by atoms with Gasteiger partial charge >= 0.3 is 6.09 Å². The summed E-state index contributed by atoms with van der Waals surface area (Å²) in [4.78, 5) is 45.1. The van der Waals surface area contributed by atoms with Crippen molar-refractivity contribution in [3.63, 3.8) is 0 Å². The number of aliphatic hydroxyl groups is 1. The van der Waals surface area contributed by atoms with Crippen LogP contribution in [0.15, 0.2) is 53.5 Å². The van der Waals surface area contributed by atoms with Crippen LogP contribution in [0.25, 0.3) is 0 Å². The van der Waals surface area contributed by atoms with Gasteiger partial charge in [0.2, 0.25) is 5.91 Å². The highest BCUT2D eigenvalue weighted by molar-refractivity contribution is 6.37. The van der Waals surface area contributed by atoms with Crippen LogP contribution >= 0.6 is 23.2 Å². The first kappa shape index (κ1) is 43.3. The zero-order valence-corrected chi connectivity index (χ0v) is 34.8. The lowest BCUT2D eigenvalue weighted by Gasteiger charge is -2.45. The van der Waals surface area contributed by atoms with E-state index in [-0.39, 0.29) is 56.7 Å². The van der Waals surface area contributed by atoms with Crippen molar-refractivity contribution in [2.75, 3.05) is 53.7 Å². The monoisotopic (exact) mass is 815 g/mol. The number of pyridine rings is 1. The van der Waals surface area contributed by atoms with E-state index >= 15 is 0 Å². The fourth-order valence-electron chi connectivity index (χ4n) is 6.98. The van der Waals surface area contributed by atoms with Crippen LogP contribution in [0.3, 0.4) is 0 Å². The maximum absolute atomic E-state index is 14.9. The Hall–Kier alpha value is -3.81. The maximum atomic E-state index is 14.9. The third kappa shape index (κ3) is 11.4. The summed E-state index contributed by atoms with van der Waals surface area (Å²) in [6.45, 7) is 9.24. The Kier molecular flexibility index (Phi) is 14.8. The molecule has 1 aliphatic carbocycles. The van der Waals surface area contributed by atoms with Crippen LogP contribution < -0.4 is 15.0 Å². The van der Waals surface area contributed by atoms with Crippen molar-refractivity contribution in [1.82, 2.24) is 14.4 Å². The number of ether oxygens (including phenoxy) is 5. The van der Waals surface area contributed by atoms with E-state index in [9.17, 15) is 19.5 Å². The molecule has 0 bridgehead atoms. The average molecular weight is 817 g/mol. The zero-order valence-electron chi connectivity index (χ0n) is 33.3. The van der Waals surface area contributed by atoms with Gasteiger partial charge in [-0.05, 0) is 112 Å². The molecular weight excluding hydrogens is 761 g/mol. The van der Waals surface area contributed by atoms with Crippen molar-refractivity contribution >= 4 is 35.2 Å². The van der Waals surface area contributed by atoms with Crippen LogP contribution in [0.4, 0.5) is 4.79 Å². The third-order valence-electron chi connectivity index (χ3n) is 9.93. The van der Waals surface area contributed by atoms with Gasteiger partial charge in [-0.2, -0.15) is 0 Å². The lowest BCUT2D eigenvalue weighted by molar-refractivity contribution is -0.155. The molecule has 1 saturated heterocycles. The minimum Gasteiger partial charge on any atom is -0.491 e. The lowest BCUT2D eigenvalue weighted by Crippen LogP contribution is -2.58. The minimum absolute atomic E-state index is 0.0185. The highest BCUT2D eigenvalue weighted by atomic mass is 35.5. The Morgan fingerprint density at radius 1 is 0.946 bits per heavy atom. The van der Waals surface area contributed by atoms with E-state index in [2.05, 4.69) is 6.07 Å². The van der Waals surface area contributed by atoms with Gasteiger partial charge in [0.05, 0.1) is 29.1 Å². The number of rotatable bonds is 17. The number of carbonyl (C=O) groups excluding carboxylic acids is 2. The fraction of sp³-hybridized carbons (Fsp3) is 0.548. The number of piperidine rings is 1. The zero-order chi connectivity index (χ0) is 40.6. The molecule has 2 unspecified atom stereocenters. The Morgan fingerprint density at radius 2 is 1.64 bits per heavy atom. The number of halogens is 2. The van der Waals surface area contributed by atoms with Crippen molar-refractivity contribution in [1.29, 1.82) is 0 Å². The smallest absolute Gasteiger partial charge is 0.410 e. The molecule has 1 saturated carbocycles. The van der Waals surface area contributed by atoms with Gasteiger partial charge in [0.15, 0.2) is 5.75 Å². The fourth-order valence-corrected chi connectivity index (χ4v) is 7.68. The number of aromatic nitrogens is 1. The Balaban J connectivity index is 1.42. The van der Waals surface area contributed by atoms with Gasteiger partial charge in [0.25, 0.3) is 5.56 Å². The number of carbonyl (C=O) groups is 2. The maximum Gasteiger partial charge on any atom is 0.410 e. The van der Waals surface area contributed by atoms with Gasteiger partial charge in [-0.3, -0.25) is 9.59 Å². The molecule has 2 atom stereocenters. The van der Waals surface area contributed by atoms with E-state index in [0.717, 1.165) is 42.4 Å². The van der Waals surface area contributed by atoms with Crippen LogP contribution in [0.2, 0.25) is 10.0 Å². The molecule has 2 fully saturated rings. The summed E-state index contributed by atoms with van der Waals surface area (Å²) in [5, 5.41) is 13.4. The Morgan fingerprint density at radius 3 is 2.29 bits per heavy atom. The van der Waals surface area contributed by atoms with E-state index in [1.54, 1.807) is 64.3 Å². The van der Waals surface area contributed by atoms with Gasteiger partial charge in [0, 0.05) is 58.8 Å². The molecule has 5 rings (SSSR count). The summed E-state index contributed by atoms with van der Waals surface area (Å²) >= 11 is 12.7. The Labute approximate surface area is 339 Å². The molecule has 1 aliphatic heterocycles. The normalized spacial score (nSPS) is 18.4. The van der Waals surface area contributed by atoms with E-state index in [0.29, 0.717) is 46.9 Å². The molecule has 0 spiro atoms. The van der Waals surface area contributed by atoms with Gasteiger partial charge in [-0.25, -0.2) is 4.79 Å². The number of hydrogen-bond acceptors (Lipinski definition) is 9. The summed E-state index contributed by atoms with van der Waals surface area (Å²) < 4.78 is 29.5. The molecule has 1 aromatic heterocycles. The first-order valence-electron chi connectivity index (χ1n) is 19.2. The second-order valence-electron chi connectivity index (χ2n) is 15.6. The van der Waals surface area contributed by atoms with Gasteiger partial charge in [0.1, 0.15) is 30.2 Å². The molecule has 3 aromatic rings. The number of nitrogens with zero attached hydrogens (tertiary/aromatic N) is 3. The highest BCUT2D eigenvalue weighted by Crippen LogP contribution is 2.41. The SMILES string of the molecule is COCCCc1cc(CN(C(=O)C2CN(C(=O)OC(C)(C)C)CCC2(O)c2ccn(CCOc3c(Cl)cc(C)cc3Cl)c(=O)c2)C2CC2)cc(OCCOC)c1. The molecule has 2 amide bonds. The van der Waals surface area contributed by atoms with Crippen LogP contribution in [0, 0.1) is 12.8 Å². The van der Waals surface area contributed by atoms with Crippen molar-refractivity contribution in [3.05, 3.63) is 91.3 Å². The number of aryl methyl sites for hydroxylation is 2. The molecule has 2 aliphatic rings. The predicted molar refractivity (Wildman–Crippen MR) is 215 cm³/mol. The summed E-state index contributed by atoms with van der Waals surface area (Å²) in [7, 11) is 3.29. The van der Waals surface area contributed by atoms with E-state index in [1.807, 2.05) is 19.1 Å². The summed E-state index contributed by atoms with van der Waals surface area (Å²) in [5.41, 5.74) is 0.239. The number of methoxy groups -OCH3 is 2. The molecule has 56 heavy (non-hydrogen) atoms. The standard InChI is InChI=1S/C42H55Cl2N3O9/c1-28-20-35(43)38(36(44)21-28)55-17-15-45-13-11-31(25-37(45)48)42(51)12-14-46(40(50)56-41(2,3)4)27-34(42)39(49)47(32-9-10-32)26-30-22-29(8-7-16-52-5)23-33(24-30)54-19-18-53-6/h11,13,20-25,32,34,51H,7-10,12,14-19,26-27H2,1-6H3. The first-order chi connectivity index (χ1) is 26.6. The highest BCUT2D eigenvalue weighted by Gasteiger charge is 2.51. The largest absolute Gasteiger partial charge is 0.491 e. The van der Waals surface area contributed by atoms with Crippen LogP contribution in [-0.2, 0) is 44.1 Å². The van der Waals surface area contributed by atoms with Crippen molar-refractivity contribution in [2.45, 2.75) is 90.1 Å². The first-order valence-corrected chi connectivity index (χ1v) is 19.9. The molecule has 14 heteroatoms. The molecule has 2 heterocycles. The third-order valence-corrected chi connectivity index (χ3v) is 10.5. The number of amides is 2. The van der Waals surface area contributed by atoms with Crippen molar-refractivity contribution < 1.29 is 38.4 Å².